The van der Waals surface area contributed by atoms with Crippen LogP contribution in [-0.2, 0) is 20.4 Å². The first kappa shape index (κ1) is 23.2. The van der Waals surface area contributed by atoms with E-state index in [9.17, 15) is 13.2 Å². The zero-order valence-corrected chi connectivity index (χ0v) is 18.4. The van der Waals surface area contributed by atoms with E-state index in [1.54, 1.807) is 24.3 Å². The Kier molecular flexibility index (Phi) is 8.99. The van der Waals surface area contributed by atoms with Gasteiger partial charge in [-0.2, -0.15) is 0 Å². The van der Waals surface area contributed by atoms with Crippen LogP contribution in [0.25, 0.3) is 0 Å². The van der Waals surface area contributed by atoms with E-state index in [-0.39, 0.29) is 29.9 Å². The van der Waals surface area contributed by atoms with Gasteiger partial charge in [0, 0.05) is 11.4 Å². The molecule has 0 saturated carbocycles. The van der Waals surface area contributed by atoms with Gasteiger partial charge < -0.3 is 10.1 Å². The highest BCUT2D eigenvalue weighted by Gasteiger charge is 2.16. The minimum Gasteiger partial charge on any atom is -0.494 e. The Hall–Kier alpha value is -2.05. The fourth-order valence-electron chi connectivity index (χ4n) is 2.74. The van der Waals surface area contributed by atoms with Crippen LogP contribution in [0.15, 0.2) is 48.5 Å². The van der Waals surface area contributed by atoms with E-state index in [0.717, 1.165) is 24.2 Å². The second-order valence-corrected chi connectivity index (χ2v) is 9.65. The van der Waals surface area contributed by atoms with Crippen LogP contribution in [0.1, 0.15) is 50.3 Å². The molecule has 2 aromatic rings. The fourth-order valence-corrected chi connectivity index (χ4v) is 4.21. The molecule has 0 saturated heterocycles. The first-order valence-electron chi connectivity index (χ1n) is 9.76. The summed E-state index contributed by atoms with van der Waals surface area (Å²) in [6, 6.07) is 14.0. The highest BCUT2D eigenvalue weighted by atomic mass is 35.5. The molecule has 7 heteroatoms. The molecule has 0 aliphatic heterocycles. The van der Waals surface area contributed by atoms with Gasteiger partial charge in [-0.05, 0) is 48.7 Å². The molecule has 5 nitrogen and oxygen atoms in total. The number of benzene rings is 2. The summed E-state index contributed by atoms with van der Waals surface area (Å²) in [4.78, 5) is 12.2. The first-order valence-corrected chi connectivity index (χ1v) is 12.0. The molecule has 1 N–H and O–H groups in total. The molecule has 29 heavy (non-hydrogen) atoms. The van der Waals surface area contributed by atoms with E-state index < -0.39 is 9.84 Å². The zero-order valence-electron chi connectivity index (χ0n) is 16.9. The summed E-state index contributed by atoms with van der Waals surface area (Å²) >= 11 is 5.81. The summed E-state index contributed by atoms with van der Waals surface area (Å²) in [6.45, 7) is 4.67. The highest BCUT2D eigenvalue weighted by molar-refractivity contribution is 7.90. The van der Waals surface area contributed by atoms with E-state index >= 15 is 0 Å². The summed E-state index contributed by atoms with van der Waals surface area (Å²) in [5.74, 6) is 0.208. The number of ether oxygens (including phenoxy) is 1. The molecular formula is C22H28ClNO4S. The van der Waals surface area contributed by atoms with E-state index in [2.05, 4.69) is 12.2 Å². The van der Waals surface area contributed by atoms with Gasteiger partial charge in [-0.15, -0.1) is 0 Å². The third kappa shape index (κ3) is 8.46. The van der Waals surface area contributed by atoms with Gasteiger partial charge in [0.15, 0.2) is 9.84 Å². The molecule has 0 fully saturated rings. The average Bonchev–Trinajstić information content (AvgIpc) is 2.69. The Morgan fingerprint density at radius 3 is 2.38 bits per heavy atom. The molecule has 0 radical (unpaired) electrons. The van der Waals surface area contributed by atoms with Crippen molar-refractivity contribution in [1.29, 1.82) is 0 Å². The fraction of sp³-hybridized carbons (Fsp3) is 0.409. The number of carbonyl (C=O) groups excluding carboxylic acids is 1. The van der Waals surface area contributed by atoms with Gasteiger partial charge in [0.25, 0.3) is 0 Å². The highest BCUT2D eigenvalue weighted by Crippen LogP contribution is 2.18. The molecule has 1 amide bonds. The lowest BCUT2D eigenvalue weighted by Crippen LogP contribution is -2.28. The summed E-state index contributed by atoms with van der Waals surface area (Å²) in [6.07, 6.45) is 2.02. The van der Waals surface area contributed by atoms with Gasteiger partial charge in [0.1, 0.15) is 5.75 Å². The lowest BCUT2D eigenvalue weighted by molar-refractivity contribution is -0.121. The maximum atomic E-state index is 12.3. The molecule has 2 aromatic carbocycles. The van der Waals surface area contributed by atoms with Crippen LogP contribution >= 0.6 is 11.6 Å². The van der Waals surface area contributed by atoms with Crippen LogP contribution in [0.4, 0.5) is 0 Å². The smallest absolute Gasteiger partial charge is 0.221 e. The van der Waals surface area contributed by atoms with E-state index in [4.69, 9.17) is 16.3 Å². The second kappa shape index (κ2) is 11.2. The van der Waals surface area contributed by atoms with Gasteiger partial charge in [-0.1, -0.05) is 49.2 Å². The topological polar surface area (TPSA) is 72.5 Å². The minimum atomic E-state index is -3.38. The van der Waals surface area contributed by atoms with Crippen LogP contribution in [0.3, 0.4) is 0 Å². The molecule has 0 heterocycles. The summed E-state index contributed by atoms with van der Waals surface area (Å²) in [7, 11) is -3.38. The molecule has 0 unspecified atom stereocenters. The normalized spacial score (nSPS) is 12.4. The van der Waals surface area contributed by atoms with Crippen molar-refractivity contribution in [2.24, 2.45) is 0 Å². The van der Waals surface area contributed by atoms with Crippen LogP contribution in [-0.4, -0.2) is 26.7 Å². The molecule has 1 atom stereocenters. The number of halogens is 1. The van der Waals surface area contributed by atoms with Crippen molar-refractivity contribution in [3.63, 3.8) is 0 Å². The van der Waals surface area contributed by atoms with E-state index in [1.165, 1.54) is 0 Å². The Balaban J connectivity index is 1.81. The maximum absolute atomic E-state index is 12.3. The first-order chi connectivity index (χ1) is 13.8. The number of amides is 1. The predicted octanol–water partition coefficient (Wildman–Crippen LogP) is 4.70. The number of carbonyl (C=O) groups is 1. The zero-order chi connectivity index (χ0) is 21.3. The van der Waals surface area contributed by atoms with Crippen molar-refractivity contribution in [3.8, 4) is 5.75 Å². The molecule has 158 valence electrons. The van der Waals surface area contributed by atoms with Gasteiger partial charge >= 0.3 is 0 Å². The van der Waals surface area contributed by atoms with Crippen molar-refractivity contribution < 1.29 is 17.9 Å². The van der Waals surface area contributed by atoms with Gasteiger partial charge in [-0.25, -0.2) is 8.42 Å². The molecule has 0 aliphatic carbocycles. The largest absolute Gasteiger partial charge is 0.494 e. The minimum absolute atomic E-state index is 0.0710. The number of sulfone groups is 1. The van der Waals surface area contributed by atoms with Gasteiger partial charge in [0.2, 0.25) is 5.91 Å². The number of hydrogen-bond donors (Lipinski definition) is 1. The standard InChI is InChI=1S/C22H28ClNO4S/c1-3-4-14-28-21-11-7-19(8-12-21)17(2)24-22(25)13-15-29(26,27)16-18-5-9-20(23)10-6-18/h5-12,17H,3-4,13-16H2,1-2H3,(H,24,25)/t17-/m0/s1. The summed E-state index contributed by atoms with van der Waals surface area (Å²) in [5.41, 5.74) is 1.59. The van der Waals surface area contributed by atoms with Crippen molar-refractivity contribution in [1.82, 2.24) is 5.32 Å². The molecule has 0 aromatic heterocycles. The number of hydrogen-bond acceptors (Lipinski definition) is 4. The molecule has 2 rings (SSSR count). The van der Waals surface area contributed by atoms with Crippen molar-refractivity contribution in [3.05, 3.63) is 64.7 Å². The second-order valence-electron chi connectivity index (χ2n) is 7.03. The Labute approximate surface area is 178 Å². The van der Waals surface area contributed by atoms with Crippen molar-refractivity contribution in [2.75, 3.05) is 12.4 Å². The lowest BCUT2D eigenvalue weighted by Gasteiger charge is -2.15. The number of unbranched alkanes of at least 4 members (excludes halogenated alkanes) is 1. The SMILES string of the molecule is CCCCOc1ccc([C@H](C)NC(=O)CCS(=O)(=O)Cc2ccc(Cl)cc2)cc1. The van der Waals surface area contributed by atoms with Crippen LogP contribution in [0, 0.1) is 0 Å². The van der Waals surface area contributed by atoms with Gasteiger partial charge in [-0.3, -0.25) is 4.79 Å². The molecule has 0 bridgehead atoms. The van der Waals surface area contributed by atoms with Crippen LogP contribution in [0.2, 0.25) is 5.02 Å². The van der Waals surface area contributed by atoms with E-state index in [0.29, 0.717) is 17.2 Å². The quantitative estimate of drug-likeness (QED) is 0.517. The van der Waals surface area contributed by atoms with Crippen molar-refractivity contribution in [2.45, 2.75) is 44.9 Å². The molecular weight excluding hydrogens is 410 g/mol. The maximum Gasteiger partial charge on any atom is 0.221 e. The van der Waals surface area contributed by atoms with Gasteiger partial charge in [0.05, 0.1) is 24.2 Å². The average molecular weight is 438 g/mol. The molecule has 0 spiro atoms. The Morgan fingerprint density at radius 1 is 1.10 bits per heavy atom. The van der Waals surface area contributed by atoms with Crippen molar-refractivity contribution >= 4 is 27.3 Å². The Morgan fingerprint density at radius 2 is 1.76 bits per heavy atom. The van der Waals surface area contributed by atoms with E-state index in [1.807, 2.05) is 31.2 Å². The number of rotatable bonds is 11. The lowest BCUT2D eigenvalue weighted by atomic mass is 10.1. The summed E-state index contributed by atoms with van der Waals surface area (Å²) in [5, 5.41) is 3.41. The van der Waals surface area contributed by atoms with Crippen LogP contribution in [0.5, 0.6) is 5.75 Å². The summed E-state index contributed by atoms with van der Waals surface area (Å²) < 4.78 is 30.2. The van der Waals surface area contributed by atoms with Crippen LogP contribution < -0.4 is 10.1 Å². The molecule has 0 aliphatic rings. The predicted molar refractivity (Wildman–Crippen MR) is 117 cm³/mol. The monoisotopic (exact) mass is 437 g/mol. The Bertz CT molecular complexity index is 880. The number of nitrogens with one attached hydrogen (secondary N) is 1. The third-order valence-corrected chi connectivity index (χ3v) is 6.32. The third-order valence-electron chi connectivity index (χ3n) is 4.46.